The molecule has 3 rings (SSSR count). The van der Waals surface area contributed by atoms with Crippen molar-refractivity contribution in [2.75, 3.05) is 38.0 Å². The summed E-state index contributed by atoms with van der Waals surface area (Å²) in [5.74, 6) is 0.0567. The highest BCUT2D eigenvalue weighted by Crippen LogP contribution is 2.23. The van der Waals surface area contributed by atoms with Crippen LogP contribution < -0.4 is 10.1 Å². The van der Waals surface area contributed by atoms with E-state index in [1.54, 1.807) is 53.4 Å². The second-order valence-corrected chi connectivity index (χ2v) is 6.44. The molecular formula is C21H22N4O3. The lowest BCUT2D eigenvalue weighted by molar-refractivity contribution is -0.144. The molecular weight excluding hydrogens is 356 g/mol. The second-order valence-electron chi connectivity index (χ2n) is 6.44. The van der Waals surface area contributed by atoms with Crippen molar-refractivity contribution >= 4 is 17.5 Å². The Kier molecular flexibility index (Phi) is 6.25. The molecule has 1 fully saturated rings. The Morgan fingerprint density at radius 3 is 2.11 bits per heavy atom. The van der Waals surface area contributed by atoms with Gasteiger partial charge in [0.2, 0.25) is 0 Å². The molecule has 2 amide bonds. The largest absolute Gasteiger partial charge is 0.457 e. The van der Waals surface area contributed by atoms with E-state index in [2.05, 4.69) is 23.2 Å². The molecule has 28 heavy (non-hydrogen) atoms. The number of carbonyl (C=O) groups is 2. The number of piperazine rings is 1. The maximum absolute atomic E-state index is 12.3. The molecule has 0 unspecified atom stereocenters. The number of likely N-dealkylation sites (N-methyl/N-ethyl adjacent to an activating group) is 1. The molecule has 0 radical (unpaired) electrons. The first-order valence-corrected chi connectivity index (χ1v) is 9.19. The lowest BCUT2D eigenvalue weighted by atomic mass is 10.2. The van der Waals surface area contributed by atoms with Gasteiger partial charge in [0.1, 0.15) is 11.5 Å². The molecule has 1 N–H and O–H groups in total. The fourth-order valence-electron chi connectivity index (χ4n) is 2.94. The molecule has 1 saturated heterocycles. The Morgan fingerprint density at radius 1 is 1.00 bits per heavy atom. The van der Waals surface area contributed by atoms with Crippen molar-refractivity contribution < 1.29 is 14.3 Å². The predicted molar refractivity (Wildman–Crippen MR) is 105 cm³/mol. The molecule has 1 heterocycles. The smallest absolute Gasteiger partial charge is 0.313 e. The summed E-state index contributed by atoms with van der Waals surface area (Å²) >= 11 is 0. The SMILES string of the molecule is CCN1CCN(C(=O)C(=O)Nc2ccc(Oc3ccc(C#N)cc3)cc2)CC1. The maximum atomic E-state index is 12.3. The standard InChI is InChI=1S/C21H22N4O3/c1-2-24-11-13-25(14-12-24)21(27)20(26)23-17-5-9-19(10-6-17)28-18-7-3-16(15-22)4-8-18/h3-10H,2,11-14H2,1H3,(H,23,26). The topological polar surface area (TPSA) is 85.7 Å². The second kappa shape index (κ2) is 9.02. The van der Waals surface area contributed by atoms with E-state index in [1.807, 2.05) is 0 Å². The highest BCUT2D eigenvalue weighted by molar-refractivity contribution is 6.39. The number of hydrogen-bond donors (Lipinski definition) is 1. The van der Waals surface area contributed by atoms with Crippen LogP contribution in [0.5, 0.6) is 11.5 Å². The van der Waals surface area contributed by atoms with E-state index >= 15 is 0 Å². The van der Waals surface area contributed by atoms with Crippen LogP contribution in [0.3, 0.4) is 0 Å². The van der Waals surface area contributed by atoms with Gasteiger partial charge in [0, 0.05) is 31.9 Å². The maximum Gasteiger partial charge on any atom is 0.313 e. The highest BCUT2D eigenvalue weighted by atomic mass is 16.5. The van der Waals surface area contributed by atoms with Crippen molar-refractivity contribution in [2.24, 2.45) is 0 Å². The summed E-state index contributed by atoms with van der Waals surface area (Å²) in [6.45, 7) is 5.74. The molecule has 0 aliphatic carbocycles. The zero-order valence-electron chi connectivity index (χ0n) is 15.7. The number of carbonyl (C=O) groups excluding carboxylic acids is 2. The number of ether oxygens (including phenoxy) is 1. The number of nitrogens with one attached hydrogen (secondary N) is 1. The van der Waals surface area contributed by atoms with E-state index < -0.39 is 11.8 Å². The van der Waals surface area contributed by atoms with Crippen molar-refractivity contribution in [1.29, 1.82) is 5.26 Å². The number of nitrogens with zero attached hydrogens (tertiary/aromatic N) is 3. The Hall–Kier alpha value is -3.37. The molecule has 2 aromatic rings. The quantitative estimate of drug-likeness (QED) is 0.826. The van der Waals surface area contributed by atoms with Gasteiger partial charge in [-0.3, -0.25) is 9.59 Å². The molecule has 0 spiro atoms. The van der Waals surface area contributed by atoms with Crippen LogP contribution in [-0.2, 0) is 9.59 Å². The third-order valence-electron chi connectivity index (χ3n) is 4.63. The summed E-state index contributed by atoms with van der Waals surface area (Å²) in [5.41, 5.74) is 1.09. The molecule has 144 valence electrons. The van der Waals surface area contributed by atoms with Crippen LogP contribution >= 0.6 is 0 Å². The van der Waals surface area contributed by atoms with E-state index in [4.69, 9.17) is 10.00 Å². The molecule has 1 aliphatic heterocycles. The average molecular weight is 378 g/mol. The van der Waals surface area contributed by atoms with Gasteiger partial charge in [0.25, 0.3) is 0 Å². The minimum Gasteiger partial charge on any atom is -0.457 e. The first-order valence-electron chi connectivity index (χ1n) is 9.19. The first-order chi connectivity index (χ1) is 13.6. The third-order valence-corrected chi connectivity index (χ3v) is 4.63. The Bertz CT molecular complexity index is 864. The molecule has 0 bridgehead atoms. The Labute approximate surface area is 164 Å². The van der Waals surface area contributed by atoms with E-state index in [-0.39, 0.29) is 0 Å². The van der Waals surface area contributed by atoms with Gasteiger partial charge in [-0.25, -0.2) is 0 Å². The van der Waals surface area contributed by atoms with Crippen LogP contribution in [0.25, 0.3) is 0 Å². The predicted octanol–water partition coefficient (Wildman–Crippen LogP) is 2.45. The van der Waals surface area contributed by atoms with Gasteiger partial charge in [0.15, 0.2) is 0 Å². The zero-order valence-corrected chi connectivity index (χ0v) is 15.7. The monoisotopic (exact) mass is 378 g/mol. The average Bonchev–Trinajstić information content (AvgIpc) is 2.75. The first kappa shape index (κ1) is 19.4. The number of anilines is 1. The fraction of sp³-hybridized carbons (Fsp3) is 0.286. The van der Waals surface area contributed by atoms with Crippen molar-refractivity contribution in [3.8, 4) is 17.6 Å². The molecule has 2 aromatic carbocycles. The summed E-state index contributed by atoms with van der Waals surface area (Å²) in [7, 11) is 0. The molecule has 7 heteroatoms. The van der Waals surface area contributed by atoms with Gasteiger partial charge in [-0.05, 0) is 55.1 Å². The lowest BCUT2D eigenvalue weighted by Crippen LogP contribution is -2.51. The number of rotatable bonds is 4. The minimum absolute atomic E-state index is 0.506. The Morgan fingerprint density at radius 2 is 1.57 bits per heavy atom. The molecule has 0 saturated carbocycles. The number of nitriles is 1. The van der Waals surface area contributed by atoms with Crippen LogP contribution in [0, 0.1) is 11.3 Å². The lowest BCUT2D eigenvalue weighted by Gasteiger charge is -2.33. The van der Waals surface area contributed by atoms with Crippen LogP contribution in [0.1, 0.15) is 12.5 Å². The van der Waals surface area contributed by atoms with Crippen LogP contribution in [0.2, 0.25) is 0 Å². The zero-order chi connectivity index (χ0) is 19.9. The van der Waals surface area contributed by atoms with Gasteiger partial charge in [0.05, 0.1) is 11.6 Å². The van der Waals surface area contributed by atoms with E-state index in [9.17, 15) is 9.59 Å². The van der Waals surface area contributed by atoms with Gasteiger partial charge in [-0.2, -0.15) is 5.26 Å². The molecule has 0 aromatic heterocycles. The number of benzene rings is 2. The van der Waals surface area contributed by atoms with Crippen LogP contribution in [-0.4, -0.2) is 54.3 Å². The summed E-state index contributed by atoms with van der Waals surface area (Å²) in [6, 6.07) is 15.6. The Balaban J connectivity index is 1.54. The van der Waals surface area contributed by atoms with E-state index in [1.165, 1.54) is 0 Å². The van der Waals surface area contributed by atoms with Crippen LogP contribution in [0.15, 0.2) is 48.5 Å². The van der Waals surface area contributed by atoms with Crippen molar-refractivity contribution in [3.05, 3.63) is 54.1 Å². The number of hydrogen-bond acceptors (Lipinski definition) is 5. The van der Waals surface area contributed by atoms with Crippen molar-refractivity contribution in [3.63, 3.8) is 0 Å². The molecule has 1 aliphatic rings. The minimum atomic E-state index is -0.634. The summed E-state index contributed by atoms with van der Waals surface area (Å²) in [6.07, 6.45) is 0. The summed E-state index contributed by atoms with van der Waals surface area (Å²) < 4.78 is 5.70. The highest BCUT2D eigenvalue weighted by Gasteiger charge is 2.25. The van der Waals surface area contributed by atoms with Crippen molar-refractivity contribution in [2.45, 2.75) is 6.92 Å². The normalized spacial score (nSPS) is 14.2. The molecule has 0 atom stereocenters. The number of amides is 2. The third kappa shape index (κ3) is 4.87. The summed E-state index contributed by atoms with van der Waals surface area (Å²) in [5, 5.41) is 11.4. The van der Waals surface area contributed by atoms with Gasteiger partial charge >= 0.3 is 11.8 Å². The van der Waals surface area contributed by atoms with E-state index in [0.717, 1.165) is 19.6 Å². The van der Waals surface area contributed by atoms with Gasteiger partial charge in [-0.1, -0.05) is 6.92 Å². The van der Waals surface area contributed by atoms with Gasteiger partial charge < -0.3 is 19.9 Å². The van der Waals surface area contributed by atoms with Crippen molar-refractivity contribution in [1.82, 2.24) is 9.80 Å². The summed E-state index contributed by atoms with van der Waals surface area (Å²) in [4.78, 5) is 28.4. The fourth-order valence-corrected chi connectivity index (χ4v) is 2.94. The molecule has 7 nitrogen and oxygen atoms in total. The van der Waals surface area contributed by atoms with Gasteiger partial charge in [-0.15, -0.1) is 0 Å². The van der Waals surface area contributed by atoms with Crippen LogP contribution in [0.4, 0.5) is 5.69 Å². The van der Waals surface area contributed by atoms with E-state index in [0.29, 0.717) is 35.8 Å².